The molecule has 2 aromatic heterocycles. The van der Waals surface area contributed by atoms with Gasteiger partial charge in [0, 0.05) is 23.9 Å². The number of thioether (sulfide) groups is 1. The number of hydrogen-bond acceptors (Lipinski definition) is 4. The number of pyridine rings is 1. The standard InChI is InChI=1S/C17H24N4S/c1-2-20-9-5-13(6-10-20)16-19-15-4-3-8-18-17(15)21(16)14-7-11-22-12-14/h3-4,8,13-14H,2,5-7,9-12H2,1H3. The monoisotopic (exact) mass is 316 g/mol. The molecule has 4 heterocycles. The van der Waals surface area contributed by atoms with E-state index in [0.29, 0.717) is 12.0 Å². The maximum atomic E-state index is 5.00. The van der Waals surface area contributed by atoms with E-state index in [9.17, 15) is 0 Å². The summed E-state index contributed by atoms with van der Waals surface area (Å²) in [6.45, 7) is 5.84. The van der Waals surface area contributed by atoms with Gasteiger partial charge < -0.3 is 9.47 Å². The average Bonchev–Trinajstić information content (AvgIpc) is 3.21. The van der Waals surface area contributed by atoms with E-state index < -0.39 is 0 Å². The van der Waals surface area contributed by atoms with Gasteiger partial charge in [0.05, 0.1) is 0 Å². The SMILES string of the molecule is CCN1CCC(c2nc3cccnc3n2C2CCSC2)CC1. The van der Waals surface area contributed by atoms with Crippen molar-refractivity contribution < 1.29 is 0 Å². The third-order valence-electron chi connectivity index (χ3n) is 5.15. The fourth-order valence-electron chi connectivity index (χ4n) is 3.83. The van der Waals surface area contributed by atoms with Gasteiger partial charge in [-0.3, -0.25) is 0 Å². The van der Waals surface area contributed by atoms with Crippen LogP contribution in [0.3, 0.4) is 0 Å². The second-order valence-electron chi connectivity index (χ2n) is 6.41. The molecule has 2 aliphatic rings. The molecule has 0 N–H and O–H groups in total. The molecule has 2 saturated heterocycles. The molecule has 118 valence electrons. The maximum absolute atomic E-state index is 5.00. The molecule has 0 aromatic carbocycles. The third kappa shape index (κ3) is 2.54. The summed E-state index contributed by atoms with van der Waals surface area (Å²) in [6.07, 6.45) is 5.63. The number of rotatable bonds is 3. The van der Waals surface area contributed by atoms with Crippen molar-refractivity contribution in [3.05, 3.63) is 24.2 Å². The summed E-state index contributed by atoms with van der Waals surface area (Å²) < 4.78 is 2.49. The molecule has 0 radical (unpaired) electrons. The first-order valence-electron chi connectivity index (χ1n) is 8.49. The summed E-state index contributed by atoms with van der Waals surface area (Å²) in [5.74, 6) is 4.38. The van der Waals surface area contributed by atoms with Gasteiger partial charge in [-0.2, -0.15) is 11.8 Å². The highest BCUT2D eigenvalue weighted by atomic mass is 32.2. The molecule has 2 aliphatic heterocycles. The van der Waals surface area contributed by atoms with Crippen molar-refractivity contribution in [1.29, 1.82) is 0 Å². The topological polar surface area (TPSA) is 34.0 Å². The Bertz CT molecular complexity index is 639. The van der Waals surface area contributed by atoms with E-state index >= 15 is 0 Å². The second kappa shape index (κ2) is 6.20. The predicted octanol–water partition coefficient (Wildman–Crippen LogP) is 3.31. The third-order valence-corrected chi connectivity index (χ3v) is 6.29. The molecule has 22 heavy (non-hydrogen) atoms. The van der Waals surface area contributed by atoms with Gasteiger partial charge in [0.25, 0.3) is 0 Å². The zero-order valence-electron chi connectivity index (χ0n) is 13.2. The van der Waals surface area contributed by atoms with Crippen molar-refractivity contribution in [3.8, 4) is 0 Å². The Morgan fingerprint density at radius 2 is 2.14 bits per heavy atom. The van der Waals surface area contributed by atoms with Crippen molar-refractivity contribution in [1.82, 2.24) is 19.4 Å². The van der Waals surface area contributed by atoms with Crippen LogP contribution in [0.2, 0.25) is 0 Å². The van der Waals surface area contributed by atoms with E-state index in [2.05, 4.69) is 39.2 Å². The van der Waals surface area contributed by atoms with Gasteiger partial charge in [0.15, 0.2) is 5.65 Å². The summed E-state index contributed by atoms with van der Waals surface area (Å²) >= 11 is 2.06. The first-order chi connectivity index (χ1) is 10.9. The molecule has 5 heteroatoms. The van der Waals surface area contributed by atoms with Crippen LogP contribution >= 0.6 is 11.8 Å². The fourth-order valence-corrected chi connectivity index (χ4v) is 5.02. The molecule has 0 saturated carbocycles. The maximum Gasteiger partial charge on any atom is 0.160 e. The lowest BCUT2D eigenvalue weighted by Crippen LogP contribution is -2.33. The first-order valence-corrected chi connectivity index (χ1v) is 9.65. The van der Waals surface area contributed by atoms with Gasteiger partial charge in [-0.05, 0) is 56.8 Å². The predicted molar refractivity (Wildman–Crippen MR) is 92.6 cm³/mol. The van der Waals surface area contributed by atoms with E-state index in [1.54, 1.807) is 0 Å². The number of fused-ring (bicyclic) bond motifs is 1. The van der Waals surface area contributed by atoms with Crippen LogP contribution in [0.5, 0.6) is 0 Å². The zero-order chi connectivity index (χ0) is 14.9. The molecule has 0 bridgehead atoms. The highest BCUT2D eigenvalue weighted by molar-refractivity contribution is 7.99. The van der Waals surface area contributed by atoms with Crippen molar-refractivity contribution >= 4 is 22.9 Å². The Labute approximate surface area is 136 Å². The quantitative estimate of drug-likeness (QED) is 0.870. The lowest BCUT2D eigenvalue weighted by Gasteiger charge is -2.31. The summed E-state index contributed by atoms with van der Waals surface area (Å²) in [5, 5.41) is 0. The largest absolute Gasteiger partial charge is 0.308 e. The Morgan fingerprint density at radius 3 is 2.86 bits per heavy atom. The molecule has 4 rings (SSSR count). The number of likely N-dealkylation sites (tertiary alicyclic amines) is 1. The number of piperidine rings is 1. The van der Waals surface area contributed by atoms with Gasteiger partial charge in [0.2, 0.25) is 0 Å². The van der Waals surface area contributed by atoms with Gasteiger partial charge in [-0.15, -0.1) is 0 Å². The fraction of sp³-hybridized carbons (Fsp3) is 0.647. The minimum absolute atomic E-state index is 0.587. The molecule has 0 aliphatic carbocycles. The average molecular weight is 316 g/mol. The molecular formula is C17H24N4S. The smallest absolute Gasteiger partial charge is 0.160 e. The van der Waals surface area contributed by atoms with E-state index in [0.717, 1.165) is 11.2 Å². The first kappa shape index (κ1) is 14.5. The Balaban J connectivity index is 1.71. The normalized spacial score (nSPS) is 24.3. The minimum Gasteiger partial charge on any atom is -0.308 e. The van der Waals surface area contributed by atoms with Gasteiger partial charge in [-0.1, -0.05) is 6.92 Å². The van der Waals surface area contributed by atoms with Crippen LogP contribution in [0.15, 0.2) is 18.3 Å². The molecule has 4 nitrogen and oxygen atoms in total. The van der Waals surface area contributed by atoms with Crippen molar-refractivity contribution in [2.75, 3.05) is 31.1 Å². The van der Waals surface area contributed by atoms with Crippen molar-refractivity contribution in [3.63, 3.8) is 0 Å². The molecule has 2 fully saturated rings. The molecule has 0 amide bonds. The Morgan fingerprint density at radius 1 is 1.27 bits per heavy atom. The molecule has 2 aromatic rings. The van der Waals surface area contributed by atoms with Crippen LogP contribution in [-0.2, 0) is 0 Å². The van der Waals surface area contributed by atoms with Crippen LogP contribution in [0.1, 0.15) is 44.0 Å². The minimum atomic E-state index is 0.587. The Hall–Kier alpha value is -1.07. The number of imidazole rings is 1. The number of aromatic nitrogens is 3. The van der Waals surface area contributed by atoms with Crippen molar-refractivity contribution in [2.45, 2.75) is 38.1 Å². The van der Waals surface area contributed by atoms with Crippen molar-refractivity contribution in [2.24, 2.45) is 0 Å². The Kier molecular flexibility index (Phi) is 4.09. The number of hydrogen-bond donors (Lipinski definition) is 0. The zero-order valence-corrected chi connectivity index (χ0v) is 14.1. The van der Waals surface area contributed by atoms with E-state index in [1.165, 1.54) is 56.2 Å². The lowest BCUT2D eigenvalue weighted by atomic mass is 9.95. The summed E-state index contributed by atoms with van der Waals surface area (Å²) in [6, 6.07) is 4.71. The summed E-state index contributed by atoms with van der Waals surface area (Å²) in [4.78, 5) is 12.2. The highest BCUT2D eigenvalue weighted by Gasteiger charge is 2.29. The van der Waals surface area contributed by atoms with E-state index in [-0.39, 0.29) is 0 Å². The highest BCUT2D eigenvalue weighted by Crippen LogP contribution is 2.36. The van der Waals surface area contributed by atoms with Gasteiger partial charge >= 0.3 is 0 Å². The molecular weight excluding hydrogens is 292 g/mol. The molecule has 1 unspecified atom stereocenters. The van der Waals surface area contributed by atoms with Gasteiger partial charge in [-0.25, -0.2) is 9.97 Å². The van der Waals surface area contributed by atoms with Crippen LogP contribution < -0.4 is 0 Å². The molecule has 0 spiro atoms. The summed E-state index contributed by atoms with van der Waals surface area (Å²) in [5.41, 5.74) is 2.18. The van der Waals surface area contributed by atoms with E-state index in [4.69, 9.17) is 4.98 Å². The van der Waals surface area contributed by atoms with Crippen LogP contribution in [0.4, 0.5) is 0 Å². The van der Waals surface area contributed by atoms with E-state index in [1.807, 2.05) is 12.3 Å². The lowest BCUT2D eigenvalue weighted by molar-refractivity contribution is 0.216. The van der Waals surface area contributed by atoms with Crippen LogP contribution in [0.25, 0.3) is 11.2 Å². The van der Waals surface area contributed by atoms with Gasteiger partial charge in [0.1, 0.15) is 11.3 Å². The second-order valence-corrected chi connectivity index (χ2v) is 7.56. The number of nitrogens with zero attached hydrogens (tertiary/aromatic N) is 4. The summed E-state index contributed by atoms with van der Waals surface area (Å²) in [7, 11) is 0. The van der Waals surface area contributed by atoms with Crippen LogP contribution in [0, 0.1) is 0 Å². The van der Waals surface area contributed by atoms with Crippen LogP contribution in [-0.4, -0.2) is 50.6 Å². The molecule has 1 atom stereocenters.